The van der Waals surface area contributed by atoms with Gasteiger partial charge >= 0.3 is 0 Å². The highest BCUT2D eigenvalue weighted by atomic mass is 16.3. The van der Waals surface area contributed by atoms with Gasteiger partial charge in [-0.3, -0.25) is 0 Å². The molecule has 1 atom stereocenters. The van der Waals surface area contributed by atoms with Crippen LogP contribution in [0.5, 0.6) is 0 Å². The lowest BCUT2D eigenvalue weighted by Gasteiger charge is -2.32. The summed E-state index contributed by atoms with van der Waals surface area (Å²) in [5.41, 5.74) is -0.547. The lowest BCUT2D eigenvalue weighted by molar-refractivity contribution is 0.0339. The van der Waals surface area contributed by atoms with Gasteiger partial charge in [-0.05, 0) is 50.9 Å². The molecule has 0 aromatic rings. The summed E-state index contributed by atoms with van der Waals surface area (Å²) in [5.74, 6) is 1.52. The lowest BCUT2D eigenvalue weighted by Crippen LogP contribution is -2.44. The Morgan fingerprint density at radius 1 is 1.22 bits per heavy atom. The van der Waals surface area contributed by atoms with Crippen molar-refractivity contribution in [3.05, 3.63) is 0 Å². The third kappa shape index (κ3) is 6.19. The predicted molar refractivity (Wildman–Crippen MR) is 78.7 cm³/mol. The van der Waals surface area contributed by atoms with E-state index in [0.29, 0.717) is 12.0 Å². The average molecular weight is 255 g/mol. The highest BCUT2D eigenvalue weighted by molar-refractivity contribution is 4.82. The van der Waals surface area contributed by atoms with Crippen molar-refractivity contribution >= 4 is 0 Å². The summed E-state index contributed by atoms with van der Waals surface area (Å²) < 4.78 is 0. The van der Waals surface area contributed by atoms with Crippen molar-refractivity contribution in [2.45, 2.75) is 84.3 Å². The van der Waals surface area contributed by atoms with Crippen LogP contribution in [0.15, 0.2) is 0 Å². The molecular weight excluding hydrogens is 222 g/mol. The van der Waals surface area contributed by atoms with Crippen molar-refractivity contribution in [3.8, 4) is 0 Å². The fourth-order valence-corrected chi connectivity index (χ4v) is 3.38. The van der Waals surface area contributed by atoms with Crippen molar-refractivity contribution in [2.24, 2.45) is 11.8 Å². The monoisotopic (exact) mass is 255 g/mol. The van der Waals surface area contributed by atoms with Crippen molar-refractivity contribution in [1.29, 1.82) is 0 Å². The van der Waals surface area contributed by atoms with E-state index in [1.807, 2.05) is 6.92 Å². The summed E-state index contributed by atoms with van der Waals surface area (Å²) >= 11 is 0. The van der Waals surface area contributed by atoms with Gasteiger partial charge in [0.15, 0.2) is 0 Å². The van der Waals surface area contributed by atoms with E-state index in [4.69, 9.17) is 0 Å². The van der Waals surface area contributed by atoms with Gasteiger partial charge in [0.25, 0.3) is 0 Å². The first kappa shape index (κ1) is 16.0. The SMILES string of the molecule is CCCC1CCC(NCC(C)(O)CC(C)C)CC1. The summed E-state index contributed by atoms with van der Waals surface area (Å²) in [6, 6.07) is 0.636. The lowest BCUT2D eigenvalue weighted by atomic mass is 9.83. The van der Waals surface area contributed by atoms with E-state index in [1.165, 1.54) is 38.5 Å². The Kier molecular flexibility index (Phi) is 6.65. The summed E-state index contributed by atoms with van der Waals surface area (Å²) in [6.07, 6.45) is 8.94. The first-order valence-corrected chi connectivity index (χ1v) is 7.88. The molecule has 0 aromatic heterocycles. The topological polar surface area (TPSA) is 32.3 Å². The van der Waals surface area contributed by atoms with Gasteiger partial charge in [-0.25, -0.2) is 0 Å². The van der Waals surface area contributed by atoms with Gasteiger partial charge in [-0.1, -0.05) is 33.6 Å². The smallest absolute Gasteiger partial charge is 0.0746 e. The Bertz CT molecular complexity index is 217. The van der Waals surface area contributed by atoms with Crippen LogP contribution in [0.4, 0.5) is 0 Å². The van der Waals surface area contributed by atoms with Crippen molar-refractivity contribution < 1.29 is 5.11 Å². The number of aliphatic hydroxyl groups is 1. The zero-order chi connectivity index (χ0) is 13.6. The van der Waals surface area contributed by atoms with Crippen molar-refractivity contribution in [1.82, 2.24) is 5.32 Å². The van der Waals surface area contributed by atoms with Crippen LogP contribution in [0.1, 0.15) is 72.6 Å². The molecule has 1 aliphatic carbocycles. The van der Waals surface area contributed by atoms with Gasteiger partial charge in [0.1, 0.15) is 0 Å². The normalized spacial score (nSPS) is 28.3. The second kappa shape index (κ2) is 7.49. The van der Waals surface area contributed by atoms with E-state index in [1.54, 1.807) is 0 Å². The first-order chi connectivity index (χ1) is 8.43. The Labute approximate surface area is 114 Å². The largest absolute Gasteiger partial charge is 0.389 e. The van der Waals surface area contributed by atoms with Crippen molar-refractivity contribution in [2.75, 3.05) is 6.54 Å². The van der Waals surface area contributed by atoms with E-state index < -0.39 is 5.60 Å². The quantitative estimate of drug-likeness (QED) is 0.726. The molecule has 0 radical (unpaired) electrons. The van der Waals surface area contributed by atoms with Crippen LogP contribution < -0.4 is 5.32 Å². The summed E-state index contributed by atoms with van der Waals surface area (Å²) in [4.78, 5) is 0. The molecule has 0 heterocycles. The van der Waals surface area contributed by atoms with E-state index in [0.717, 1.165) is 18.9 Å². The summed E-state index contributed by atoms with van der Waals surface area (Å²) in [5, 5.41) is 13.9. The van der Waals surface area contributed by atoms with Gasteiger partial charge in [-0.2, -0.15) is 0 Å². The summed E-state index contributed by atoms with van der Waals surface area (Å²) in [7, 11) is 0. The van der Waals surface area contributed by atoms with Crippen LogP contribution in [0, 0.1) is 11.8 Å². The van der Waals surface area contributed by atoms with Gasteiger partial charge in [0.2, 0.25) is 0 Å². The molecule has 0 spiro atoms. The highest BCUT2D eigenvalue weighted by Crippen LogP contribution is 2.28. The molecule has 1 aliphatic rings. The van der Waals surface area contributed by atoms with Gasteiger partial charge in [0, 0.05) is 12.6 Å². The van der Waals surface area contributed by atoms with E-state index >= 15 is 0 Å². The van der Waals surface area contributed by atoms with Crippen molar-refractivity contribution in [3.63, 3.8) is 0 Å². The molecule has 0 aliphatic heterocycles. The Morgan fingerprint density at radius 3 is 2.33 bits per heavy atom. The Balaban J connectivity index is 2.21. The maximum Gasteiger partial charge on any atom is 0.0746 e. The van der Waals surface area contributed by atoms with Gasteiger partial charge in [0.05, 0.1) is 5.60 Å². The molecular formula is C16H33NO. The van der Waals surface area contributed by atoms with Crippen LogP contribution in [0.2, 0.25) is 0 Å². The molecule has 2 N–H and O–H groups in total. The fraction of sp³-hybridized carbons (Fsp3) is 1.00. The van der Waals surface area contributed by atoms with E-state index in [2.05, 4.69) is 26.1 Å². The molecule has 18 heavy (non-hydrogen) atoms. The molecule has 0 saturated heterocycles. The fourth-order valence-electron chi connectivity index (χ4n) is 3.38. The van der Waals surface area contributed by atoms with Gasteiger partial charge in [-0.15, -0.1) is 0 Å². The molecule has 108 valence electrons. The second-order valence-corrected chi connectivity index (χ2v) is 6.98. The average Bonchev–Trinajstić information content (AvgIpc) is 2.27. The van der Waals surface area contributed by atoms with Crippen LogP contribution in [0.3, 0.4) is 0 Å². The van der Waals surface area contributed by atoms with E-state index in [9.17, 15) is 5.11 Å². The minimum atomic E-state index is -0.547. The van der Waals surface area contributed by atoms with E-state index in [-0.39, 0.29) is 0 Å². The Morgan fingerprint density at radius 2 is 1.83 bits per heavy atom. The maximum absolute atomic E-state index is 10.3. The minimum Gasteiger partial charge on any atom is -0.389 e. The molecule has 1 fully saturated rings. The van der Waals surface area contributed by atoms with Gasteiger partial charge < -0.3 is 10.4 Å². The zero-order valence-corrected chi connectivity index (χ0v) is 12.8. The molecule has 0 bridgehead atoms. The predicted octanol–water partition coefficient (Wildman–Crippen LogP) is 3.73. The molecule has 0 amide bonds. The molecule has 0 aromatic carbocycles. The standard InChI is InChI=1S/C16H33NO/c1-5-6-14-7-9-15(10-8-14)17-12-16(4,18)11-13(2)3/h13-15,17-18H,5-12H2,1-4H3. The van der Waals surface area contributed by atoms with Crippen LogP contribution in [-0.4, -0.2) is 23.3 Å². The second-order valence-electron chi connectivity index (χ2n) is 6.98. The minimum absolute atomic E-state index is 0.547. The third-order valence-corrected chi connectivity index (χ3v) is 4.16. The summed E-state index contributed by atoms with van der Waals surface area (Å²) in [6.45, 7) is 9.33. The Hall–Kier alpha value is -0.0800. The molecule has 1 unspecified atom stereocenters. The molecule has 2 nitrogen and oxygen atoms in total. The number of hydrogen-bond acceptors (Lipinski definition) is 2. The van der Waals surface area contributed by atoms with Crippen LogP contribution in [0.25, 0.3) is 0 Å². The number of nitrogens with one attached hydrogen (secondary N) is 1. The molecule has 2 heteroatoms. The van der Waals surface area contributed by atoms with Crippen LogP contribution in [-0.2, 0) is 0 Å². The van der Waals surface area contributed by atoms with Crippen LogP contribution >= 0.6 is 0 Å². The number of hydrogen-bond donors (Lipinski definition) is 2. The third-order valence-electron chi connectivity index (χ3n) is 4.16. The number of rotatable bonds is 7. The maximum atomic E-state index is 10.3. The zero-order valence-electron chi connectivity index (χ0n) is 12.8. The highest BCUT2D eigenvalue weighted by Gasteiger charge is 2.25. The molecule has 1 rings (SSSR count). The molecule has 1 saturated carbocycles. The first-order valence-electron chi connectivity index (χ1n) is 7.88.